The number of aromatic nitrogens is 3. The number of halogens is 1. The second kappa shape index (κ2) is 6.10. The molecule has 116 valence electrons. The van der Waals surface area contributed by atoms with Crippen molar-refractivity contribution in [1.82, 2.24) is 15.0 Å². The maximum absolute atomic E-state index is 12.3. The maximum Gasteiger partial charge on any atom is 0.280 e. The minimum Gasteiger partial charge on any atom is -0.382 e. The first kappa shape index (κ1) is 15.1. The average Bonchev–Trinajstić information content (AvgIpc) is 2.92. The van der Waals surface area contributed by atoms with E-state index in [1.54, 1.807) is 24.3 Å². The van der Waals surface area contributed by atoms with E-state index in [0.29, 0.717) is 16.4 Å². The van der Waals surface area contributed by atoms with Gasteiger partial charge in [-0.2, -0.15) is 4.68 Å². The fourth-order valence-electron chi connectivity index (χ4n) is 2.05. The summed E-state index contributed by atoms with van der Waals surface area (Å²) in [5.74, 6) is -0.247. The van der Waals surface area contributed by atoms with Gasteiger partial charge in [0.1, 0.15) is 0 Å². The molecule has 1 aromatic heterocycles. The summed E-state index contributed by atoms with van der Waals surface area (Å²) in [5.41, 5.74) is 8.52. The molecule has 0 bridgehead atoms. The monoisotopic (exact) mass is 327 g/mol. The normalized spacial score (nSPS) is 10.5. The van der Waals surface area contributed by atoms with Gasteiger partial charge >= 0.3 is 0 Å². The Labute approximate surface area is 137 Å². The smallest absolute Gasteiger partial charge is 0.280 e. The van der Waals surface area contributed by atoms with Gasteiger partial charge in [0.2, 0.25) is 0 Å². The van der Waals surface area contributed by atoms with Crippen LogP contribution in [-0.2, 0) is 0 Å². The van der Waals surface area contributed by atoms with Crippen LogP contribution < -0.4 is 11.1 Å². The molecule has 0 atom stereocenters. The summed E-state index contributed by atoms with van der Waals surface area (Å²) in [6, 6.07) is 14.4. The summed E-state index contributed by atoms with van der Waals surface area (Å²) in [7, 11) is 0. The quantitative estimate of drug-likeness (QED) is 0.774. The van der Waals surface area contributed by atoms with Gasteiger partial charge in [0, 0.05) is 10.7 Å². The summed E-state index contributed by atoms with van der Waals surface area (Å²) in [6.45, 7) is 1.97. The topological polar surface area (TPSA) is 85.8 Å². The van der Waals surface area contributed by atoms with E-state index in [-0.39, 0.29) is 11.5 Å². The summed E-state index contributed by atoms with van der Waals surface area (Å²) < 4.78 is 1.39. The van der Waals surface area contributed by atoms with Crippen LogP contribution >= 0.6 is 11.6 Å². The van der Waals surface area contributed by atoms with Crippen LogP contribution in [-0.4, -0.2) is 20.9 Å². The third-order valence-electron chi connectivity index (χ3n) is 3.30. The van der Waals surface area contributed by atoms with E-state index in [0.717, 1.165) is 5.56 Å². The standard InChI is InChI=1S/C16H14ClN5O/c1-10-2-6-12(7-3-10)19-16(23)14-15(18)22(21-20-14)13-8-4-11(17)5-9-13/h2-9H,18H2,1H3,(H,19,23). The predicted octanol–water partition coefficient (Wildman–Crippen LogP) is 3.06. The van der Waals surface area contributed by atoms with Gasteiger partial charge < -0.3 is 11.1 Å². The molecule has 1 heterocycles. The molecule has 0 saturated heterocycles. The van der Waals surface area contributed by atoms with E-state index in [1.807, 2.05) is 31.2 Å². The van der Waals surface area contributed by atoms with E-state index >= 15 is 0 Å². The lowest BCUT2D eigenvalue weighted by molar-refractivity contribution is 0.102. The molecule has 6 nitrogen and oxygen atoms in total. The van der Waals surface area contributed by atoms with Crippen molar-refractivity contribution in [1.29, 1.82) is 0 Å². The maximum atomic E-state index is 12.3. The van der Waals surface area contributed by atoms with E-state index in [2.05, 4.69) is 15.6 Å². The number of nitrogen functional groups attached to an aromatic ring is 1. The zero-order valence-corrected chi connectivity index (χ0v) is 13.1. The largest absolute Gasteiger partial charge is 0.382 e. The first-order valence-electron chi connectivity index (χ1n) is 6.90. The van der Waals surface area contributed by atoms with Gasteiger partial charge in [-0.1, -0.05) is 34.5 Å². The number of hydrogen-bond acceptors (Lipinski definition) is 4. The minimum absolute atomic E-state index is 0.0699. The predicted molar refractivity (Wildman–Crippen MR) is 89.9 cm³/mol. The number of aryl methyl sites for hydroxylation is 1. The molecular weight excluding hydrogens is 314 g/mol. The first-order valence-corrected chi connectivity index (χ1v) is 7.27. The Kier molecular flexibility index (Phi) is 3.99. The number of carbonyl (C=O) groups excluding carboxylic acids is 1. The third-order valence-corrected chi connectivity index (χ3v) is 3.55. The van der Waals surface area contributed by atoms with Gasteiger partial charge in [0.15, 0.2) is 11.5 Å². The highest BCUT2D eigenvalue weighted by atomic mass is 35.5. The number of anilines is 2. The molecule has 23 heavy (non-hydrogen) atoms. The molecular formula is C16H14ClN5O. The van der Waals surface area contributed by atoms with Gasteiger partial charge in [0.05, 0.1) is 5.69 Å². The van der Waals surface area contributed by atoms with Crippen LogP contribution in [0.5, 0.6) is 0 Å². The van der Waals surface area contributed by atoms with E-state index < -0.39 is 5.91 Å². The lowest BCUT2D eigenvalue weighted by atomic mass is 10.2. The number of nitrogens with two attached hydrogens (primary N) is 1. The van der Waals surface area contributed by atoms with Crippen molar-refractivity contribution in [3.05, 3.63) is 64.8 Å². The Morgan fingerprint density at radius 3 is 2.43 bits per heavy atom. The summed E-state index contributed by atoms with van der Waals surface area (Å²) in [4.78, 5) is 12.3. The van der Waals surface area contributed by atoms with Crippen LogP contribution in [0.3, 0.4) is 0 Å². The highest BCUT2D eigenvalue weighted by Crippen LogP contribution is 2.18. The van der Waals surface area contributed by atoms with Gasteiger partial charge in [-0.3, -0.25) is 4.79 Å². The van der Waals surface area contributed by atoms with E-state index in [9.17, 15) is 4.79 Å². The Morgan fingerprint density at radius 1 is 1.13 bits per heavy atom. The fourth-order valence-corrected chi connectivity index (χ4v) is 2.18. The van der Waals surface area contributed by atoms with Gasteiger partial charge in [-0.25, -0.2) is 0 Å². The fraction of sp³-hybridized carbons (Fsp3) is 0.0625. The molecule has 0 saturated carbocycles. The number of nitrogens with one attached hydrogen (secondary N) is 1. The SMILES string of the molecule is Cc1ccc(NC(=O)c2nnn(-c3ccc(Cl)cc3)c2N)cc1. The van der Waals surface area contributed by atoms with Crippen molar-refractivity contribution in [2.45, 2.75) is 6.92 Å². The molecule has 0 aliphatic heterocycles. The van der Waals surface area contributed by atoms with E-state index in [1.165, 1.54) is 4.68 Å². The zero-order chi connectivity index (χ0) is 16.4. The van der Waals surface area contributed by atoms with Gasteiger partial charge in [0.25, 0.3) is 5.91 Å². The molecule has 0 aliphatic rings. The zero-order valence-electron chi connectivity index (χ0n) is 12.3. The molecule has 3 rings (SSSR count). The van der Waals surface area contributed by atoms with Crippen molar-refractivity contribution in [3.63, 3.8) is 0 Å². The van der Waals surface area contributed by atoms with Crippen LogP contribution in [0.2, 0.25) is 5.02 Å². The molecule has 0 aliphatic carbocycles. The number of carbonyl (C=O) groups is 1. The second-order valence-electron chi connectivity index (χ2n) is 5.03. The number of hydrogen-bond donors (Lipinski definition) is 2. The van der Waals surface area contributed by atoms with Gasteiger partial charge in [-0.15, -0.1) is 5.10 Å². The van der Waals surface area contributed by atoms with Crippen LogP contribution in [0.4, 0.5) is 11.5 Å². The summed E-state index contributed by atoms with van der Waals surface area (Å²) >= 11 is 5.86. The second-order valence-corrected chi connectivity index (χ2v) is 5.47. The summed E-state index contributed by atoms with van der Waals surface area (Å²) in [5, 5.41) is 11.1. The molecule has 3 aromatic rings. The molecule has 0 spiro atoms. The van der Waals surface area contributed by atoms with Crippen LogP contribution in [0.1, 0.15) is 16.1 Å². The van der Waals surface area contributed by atoms with Crippen molar-refractivity contribution in [3.8, 4) is 5.69 Å². The molecule has 7 heteroatoms. The third kappa shape index (κ3) is 3.17. The Balaban J connectivity index is 1.85. The van der Waals surface area contributed by atoms with Crippen LogP contribution in [0, 0.1) is 6.92 Å². The van der Waals surface area contributed by atoms with Crippen molar-refractivity contribution in [2.75, 3.05) is 11.1 Å². The summed E-state index contributed by atoms with van der Waals surface area (Å²) in [6.07, 6.45) is 0. The average molecular weight is 328 g/mol. The van der Waals surface area contributed by atoms with E-state index in [4.69, 9.17) is 17.3 Å². The lowest BCUT2D eigenvalue weighted by Crippen LogP contribution is -2.15. The van der Waals surface area contributed by atoms with Crippen molar-refractivity contribution in [2.24, 2.45) is 0 Å². The minimum atomic E-state index is -0.411. The molecule has 3 N–H and O–H groups in total. The molecule has 0 fully saturated rings. The number of benzene rings is 2. The van der Waals surface area contributed by atoms with Crippen LogP contribution in [0.15, 0.2) is 48.5 Å². The Hall–Kier alpha value is -2.86. The molecule has 0 unspecified atom stereocenters. The molecule has 0 radical (unpaired) electrons. The highest BCUT2D eigenvalue weighted by Gasteiger charge is 2.18. The van der Waals surface area contributed by atoms with Crippen molar-refractivity contribution >= 4 is 29.0 Å². The van der Waals surface area contributed by atoms with Crippen LogP contribution in [0.25, 0.3) is 5.69 Å². The van der Waals surface area contributed by atoms with Gasteiger partial charge in [-0.05, 0) is 43.3 Å². The molecule has 1 amide bonds. The lowest BCUT2D eigenvalue weighted by Gasteiger charge is -2.05. The number of nitrogens with zero attached hydrogens (tertiary/aromatic N) is 3. The number of amides is 1. The highest BCUT2D eigenvalue weighted by molar-refractivity contribution is 6.30. The first-order chi connectivity index (χ1) is 11.0. The van der Waals surface area contributed by atoms with Crippen molar-refractivity contribution < 1.29 is 4.79 Å². The number of rotatable bonds is 3. The Bertz CT molecular complexity index is 840. The molecule has 2 aromatic carbocycles. The Morgan fingerprint density at radius 2 is 1.78 bits per heavy atom.